The van der Waals surface area contributed by atoms with Crippen molar-refractivity contribution in [2.45, 2.75) is 32.6 Å². The molecule has 0 unspecified atom stereocenters. The van der Waals surface area contributed by atoms with Crippen LogP contribution in [-0.2, 0) is 4.79 Å². The van der Waals surface area contributed by atoms with Crippen LogP contribution in [0.2, 0.25) is 0 Å². The smallest absolute Gasteiger partial charge is 0.327 e. The van der Waals surface area contributed by atoms with E-state index in [2.05, 4.69) is 19.1 Å². The summed E-state index contributed by atoms with van der Waals surface area (Å²) in [6.07, 6.45) is 11.1. The molecule has 0 bridgehead atoms. The van der Waals surface area contributed by atoms with Crippen molar-refractivity contribution in [3.05, 3.63) is 24.3 Å². The van der Waals surface area contributed by atoms with Gasteiger partial charge in [-0.15, -0.1) is 0 Å². The van der Waals surface area contributed by atoms with Crippen molar-refractivity contribution in [2.75, 3.05) is 0 Å². The fourth-order valence-corrected chi connectivity index (χ4v) is 0.779. The minimum Gasteiger partial charge on any atom is -0.478 e. The number of hydrogen-bond donors (Lipinski definition) is 1. The third-order valence-electron chi connectivity index (χ3n) is 1.38. The van der Waals surface area contributed by atoms with Crippen LogP contribution in [0.3, 0.4) is 0 Å². The number of hydrogen-bond acceptors (Lipinski definition) is 1. The van der Waals surface area contributed by atoms with Crippen LogP contribution >= 0.6 is 0 Å². The normalized spacial score (nSPS) is 11.4. The summed E-state index contributed by atoms with van der Waals surface area (Å²) < 4.78 is 0. The van der Waals surface area contributed by atoms with Gasteiger partial charge < -0.3 is 5.11 Å². The van der Waals surface area contributed by atoms with Crippen molar-refractivity contribution in [1.82, 2.24) is 0 Å². The van der Waals surface area contributed by atoms with E-state index in [-0.39, 0.29) is 0 Å². The molecule has 2 heteroatoms. The second-order valence-electron chi connectivity index (χ2n) is 2.58. The van der Waals surface area contributed by atoms with Gasteiger partial charge in [0.05, 0.1) is 0 Å². The van der Waals surface area contributed by atoms with E-state index < -0.39 is 5.97 Å². The summed E-state index contributed by atoms with van der Waals surface area (Å²) in [5.74, 6) is -0.868. The van der Waals surface area contributed by atoms with Crippen LogP contribution in [0.1, 0.15) is 32.6 Å². The summed E-state index contributed by atoms with van der Waals surface area (Å²) in [7, 11) is 0. The predicted octanol–water partition coefficient (Wildman–Crippen LogP) is 2.76. The average molecular weight is 168 g/mol. The molecule has 0 aliphatic heterocycles. The van der Waals surface area contributed by atoms with Gasteiger partial charge in [-0.2, -0.15) is 0 Å². The lowest BCUT2D eigenvalue weighted by Crippen LogP contribution is -1.85. The predicted molar refractivity (Wildman–Crippen MR) is 50.1 cm³/mol. The highest BCUT2D eigenvalue weighted by Crippen LogP contribution is 1.95. The first-order chi connectivity index (χ1) is 5.77. The maximum absolute atomic E-state index is 10.0. The molecule has 0 aromatic rings. The van der Waals surface area contributed by atoms with Crippen molar-refractivity contribution in [3.8, 4) is 0 Å². The molecule has 0 atom stereocenters. The number of rotatable bonds is 6. The molecule has 0 rings (SSSR count). The summed E-state index contributed by atoms with van der Waals surface area (Å²) in [5.41, 5.74) is 0. The SMILES string of the molecule is CCC/C=C/CC/C=C/C(=O)O. The first-order valence-electron chi connectivity index (χ1n) is 4.31. The molecule has 0 aliphatic rings. The number of carbonyl (C=O) groups is 1. The standard InChI is InChI=1S/C10H16O2/c1-2-3-4-5-6-7-8-9-10(11)12/h4-5,8-9H,2-3,6-7H2,1H3,(H,11,12)/b5-4+,9-8+. The Morgan fingerprint density at radius 3 is 2.33 bits per heavy atom. The van der Waals surface area contributed by atoms with Crippen LogP contribution in [0.4, 0.5) is 0 Å². The average Bonchev–Trinajstić information content (AvgIpc) is 2.02. The molecule has 0 radical (unpaired) electrons. The van der Waals surface area contributed by atoms with E-state index in [0.717, 1.165) is 19.3 Å². The fourth-order valence-electron chi connectivity index (χ4n) is 0.779. The van der Waals surface area contributed by atoms with Gasteiger partial charge in [0.25, 0.3) is 0 Å². The summed E-state index contributed by atoms with van der Waals surface area (Å²) in [6, 6.07) is 0. The maximum Gasteiger partial charge on any atom is 0.327 e. The molecule has 0 spiro atoms. The summed E-state index contributed by atoms with van der Waals surface area (Å²) in [4.78, 5) is 10.0. The van der Waals surface area contributed by atoms with Crippen LogP contribution < -0.4 is 0 Å². The van der Waals surface area contributed by atoms with Crippen LogP contribution in [0.15, 0.2) is 24.3 Å². The van der Waals surface area contributed by atoms with E-state index in [1.165, 1.54) is 12.5 Å². The van der Waals surface area contributed by atoms with Gasteiger partial charge in [0.2, 0.25) is 0 Å². The van der Waals surface area contributed by atoms with Gasteiger partial charge in [-0.25, -0.2) is 4.79 Å². The number of aliphatic carboxylic acids is 1. The lowest BCUT2D eigenvalue weighted by molar-refractivity contribution is -0.131. The Bertz CT molecular complexity index is 169. The highest BCUT2D eigenvalue weighted by atomic mass is 16.4. The molecule has 0 saturated heterocycles. The largest absolute Gasteiger partial charge is 0.478 e. The van der Waals surface area contributed by atoms with Crippen molar-refractivity contribution in [3.63, 3.8) is 0 Å². The Labute approximate surface area is 73.6 Å². The van der Waals surface area contributed by atoms with E-state index in [9.17, 15) is 4.79 Å². The Balaban J connectivity index is 3.26. The topological polar surface area (TPSA) is 37.3 Å². The molecule has 0 heterocycles. The molecular formula is C10H16O2. The summed E-state index contributed by atoms with van der Waals surface area (Å²) >= 11 is 0. The zero-order valence-corrected chi connectivity index (χ0v) is 7.49. The summed E-state index contributed by atoms with van der Waals surface area (Å²) in [6.45, 7) is 2.13. The molecule has 0 aliphatic carbocycles. The van der Waals surface area contributed by atoms with Gasteiger partial charge in [-0.3, -0.25) is 0 Å². The Hall–Kier alpha value is -1.05. The van der Waals surface area contributed by atoms with Crippen molar-refractivity contribution in [1.29, 1.82) is 0 Å². The van der Waals surface area contributed by atoms with E-state index in [0.29, 0.717) is 0 Å². The third-order valence-corrected chi connectivity index (χ3v) is 1.38. The lowest BCUT2D eigenvalue weighted by Gasteiger charge is -1.86. The molecule has 2 nitrogen and oxygen atoms in total. The lowest BCUT2D eigenvalue weighted by atomic mass is 10.2. The van der Waals surface area contributed by atoms with E-state index >= 15 is 0 Å². The van der Waals surface area contributed by atoms with Gasteiger partial charge in [0.1, 0.15) is 0 Å². The van der Waals surface area contributed by atoms with Gasteiger partial charge in [0.15, 0.2) is 0 Å². The number of unbranched alkanes of at least 4 members (excludes halogenated alkanes) is 2. The molecule has 1 N–H and O–H groups in total. The second-order valence-corrected chi connectivity index (χ2v) is 2.58. The van der Waals surface area contributed by atoms with E-state index in [1.807, 2.05) is 0 Å². The second kappa shape index (κ2) is 8.05. The molecular weight excluding hydrogens is 152 g/mol. The molecule has 0 saturated carbocycles. The molecule has 12 heavy (non-hydrogen) atoms. The van der Waals surface area contributed by atoms with Gasteiger partial charge in [-0.1, -0.05) is 31.6 Å². The highest BCUT2D eigenvalue weighted by molar-refractivity contribution is 5.79. The molecule has 0 aromatic carbocycles. The van der Waals surface area contributed by atoms with Crippen molar-refractivity contribution in [2.24, 2.45) is 0 Å². The first kappa shape index (κ1) is 11.0. The monoisotopic (exact) mass is 168 g/mol. The van der Waals surface area contributed by atoms with E-state index in [1.54, 1.807) is 6.08 Å². The van der Waals surface area contributed by atoms with E-state index in [4.69, 9.17) is 5.11 Å². The van der Waals surface area contributed by atoms with Crippen LogP contribution in [-0.4, -0.2) is 11.1 Å². The van der Waals surface area contributed by atoms with Gasteiger partial charge in [-0.05, 0) is 19.3 Å². The zero-order chi connectivity index (χ0) is 9.23. The first-order valence-corrected chi connectivity index (χ1v) is 4.31. The number of carboxylic acids is 1. The minimum atomic E-state index is -0.868. The number of carboxylic acid groups (broad SMARTS) is 1. The molecule has 0 fully saturated rings. The summed E-state index contributed by atoms with van der Waals surface area (Å²) in [5, 5.41) is 8.25. The van der Waals surface area contributed by atoms with Crippen LogP contribution in [0.25, 0.3) is 0 Å². The zero-order valence-electron chi connectivity index (χ0n) is 7.49. The third kappa shape index (κ3) is 8.95. The molecule has 0 aromatic heterocycles. The van der Waals surface area contributed by atoms with Gasteiger partial charge >= 0.3 is 5.97 Å². The minimum absolute atomic E-state index is 0.812. The van der Waals surface area contributed by atoms with Crippen LogP contribution in [0, 0.1) is 0 Å². The van der Waals surface area contributed by atoms with Gasteiger partial charge in [0, 0.05) is 6.08 Å². The molecule has 0 amide bonds. The van der Waals surface area contributed by atoms with Crippen molar-refractivity contribution >= 4 is 5.97 Å². The Morgan fingerprint density at radius 2 is 1.75 bits per heavy atom. The van der Waals surface area contributed by atoms with Crippen molar-refractivity contribution < 1.29 is 9.90 Å². The number of allylic oxidation sites excluding steroid dienone is 3. The Kier molecular flexibility index (Phi) is 7.35. The quantitative estimate of drug-likeness (QED) is 0.376. The fraction of sp³-hybridized carbons (Fsp3) is 0.500. The maximum atomic E-state index is 10.0. The highest BCUT2D eigenvalue weighted by Gasteiger charge is 1.83. The molecule has 68 valence electrons. The van der Waals surface area contributed by atoms with Crippen LogP contribution in [0.5, 0.6) is 0 Å². The Morgan fingerprint density at radius 1 is 1.17 bits per heavy atom.